The van der Waals surface area contributed by atoms with Gasteiger partial charge in [0, 0.05) is 18.9 Å². The molecule has 2 aromatic carbocycles. The number of alkyl carbamates (subject to hydrolysis) is 1. The number of hydrogen-bond acceptors (Lipinski definition) is 5. The first kappa shape index (κ1) is 24.8. The van der Waals surface area contributed by atoms with Gasteiger partial charge in [-0.1, -0.05) is 55.5 Å². The summed E-state index contributed by atoms with van der Waals surface area (Å²) >= 11 is 0. The molecular weight excluding hydrogens is 438 g/mol. The van der Waals surface area contributed by atoms with Crippen molar-refractivity contribution >= 4 is 23.9 Å². The van der Waals surface area contributed by atoms with Crippen molar-refractivity contribution in [3.63, 3.8) is 0 Å². The van der Waals surface area contributed by atoms with Crippen molar-refractivity contribution in [3.8, 4) is 11.1 Å². The first-order valence-corrected chi connectivity index (χ1v) is 11.2. The summed E-state index contributed by atoms with van der Waals surface area (Å²) in [5.41, 5.74) is 4.62. The van der Waals surface area contributed by atoms with Crippen LogP contribution in [0.2, 0.25) is 0 Å². The van der Waals surface area contributed by atoms with Gasteiger partial charge < -0.3 is 25.8 Å². The smallest absolute Gasteiger partial charge is 0.407 e. The zero-order chi connectivity index (χ0) is 24.5. The van der Waals surface area contributed by atoms with E-state index in [-0.39, 0.29) is 37.3 Å². The van der Waals surface area contributed by atoms with E-state index in [2.05, 4.69) is 40.2 Å². The van der Waals surface area contributed by atoms with Gasteiger partial charge in [-0.25, -0.2) is 4.79 Å². The van der Waals surface area contributed by atoms with E-state index in [0.29, 0.717) is 13.0 Å². The van der Waals surface area contributed by atoms with Gasteiger partial charge in [0.25, 0.3) is 0 Å². The third-order valence-electron chi connectivity index (χ3n) is 5.69. The predicted octanol–water partition coefficient (Wildman–Crippen LogP) is 2.26. The molecule has 34 heavy (non-hydrogen) atoms. The molecular formula is C25H29N3O6. The van der Waals surface area contributed by atoms with Gasteiger partial charge in [-0.3, -0.25) is 14.4 Å². The van der Waals surface area contributed by atoms with Gasteiger partial charge in [-0.15, -0.1) is 0 Å². The average molecular weight is 468 g/mol. The van der Waals surface area contributed by atoms with Crippen molar-refractivity contribution in [1.29, 1.82) is 0 Å². The Kier molecular flexibility index (Phi) is 8.61. The summed E-state index contributed by atoms with van der Waals surface area (Å²) < 4.78 is 5.50. The van der Waals surface area contributed by atoms with Gasteiger partial charge in [0.2, 0.25) is 11.8 Å². The molecule has 9 heteroatoms. The van der Waals surface area contributed by atoms with Crippen LogP contribution in [0.3, 0.4) is 0 Å². The summed E-state index contributed by atoms with van der Waals surface area (Å²) in [7, 11) is 0. The van der Waals surface area contributed by atoms with Crippen LogP contribution in [0.1, 0.15) is 36.8 Å². The normalized spacial score (nSPS) is 12.7. The Morgan fingerprint density at radius 3 is 2.09 bits per heavy atom. The Bertz CT molecular complexity index is 1010. The van der Waals surface area contributed by atoms with Crippen LogP contribution >= 0.6 is 0 Å². The van der Waals surface area contributed by atoms with Gasteiger partial charge >= 0.3 is 12.1 Å². The van der Waals surface area contributed by atoms with Gasteiger partial charge in [-0.05, 0) is 34.6 Å². The molecule has 0 bridgehead atoms. The molecule has 0 aliphatic heterocycles. The highest BCUT2D eigenvalue weighted by molar-refractivity contribution is 5.86. The lowest BCUT2D eigenvalue weighted by atomic mass is 9.98. The van der Waals surface area contributed by atoms with Gasteiger partial charge in [0.15, 0.2) is 0 Å². The minimum atomic E-state index is -1.16. The fraction of sp³-hybridized carbons (Fsp3) is 0.360. The Balaban J connectivity index is 1.36. The van der Waals surface area contributed by atoms with Crippen LogP contribution in [-0.4, -0.2) is 55.2 Å². The molecule has 1 unspecified atom stereocenters. The molecule has 180 valence electrons. The van der Waals surface area contributed by atoms with E-state index in [4.69, 9.17) is 9.84 Å². The molecule has 1 aliphatic rings. The Hall–Kier alpha value is -3.88. The van der Waals surface area contributed by atoms with Crippen LogP contribution in [0, 0.1) is 5.92 Å². The molecule has 0 radical (unpaired) electrons. The Morgan fingerprint density at radius 2 is 1.47 bits per heavy atom. The summed E-state index contributed by atoms with van der Waals surface area (Å²) in [6.07, 6.45) is 0.180. The van der Waals surface area contributed by atoms with Crippen molar-refractivity contribution < 1.29 is 29.0 Å². The van der Waals surface area contributed by atoms with Gasteiger partial charge in [0.1, 0.15) is 13.2 Å². The highest BCUT2D eigenvalue weighted by Gasteiger charge is 2.29. The molecule has 4 N–H and O–H groups in total. The fourth-order valence-electron chi connectivity index (χ4n) is 3.89. The number of hydrogen-bond donors (Lipinski definition) is 4. The lowest BCUT2D eigenvalue weighted by Crippen LogP contribution is -2.39. The summed E-state index contributed by atoms with van der Waals surface area (Å²) in [6.45, 7) is 1.71. The lowest BCUT2D eigenvalue weighted by molar-refractivity contribution is -0.137. The molecule has 0 saturated heterocycles. The third-order valence-corrected chi connectivity index (χ3v) is 5.69. The van der Waals surface area contributed by atoms with Crippen molar-refractivity contribution in [3.05, 3.63) is 59.7 Å². The topological polar surface area (TPSA) is 134 Å². The molecule has 0 heterocycles. The molecule has 0 spiro atoms. The van der Waals surface area contributed by atoms with Gasteiger partial charge in [-0.2, -0.15) is 0 Å². The number of nitrogens with one attached hydrogen (secondary N) is 3. The number of rotatable bonds is 11. The van der Waals surface area contributed by atoms with Crippen molar-refractivity contribution in [2.45, 2.75) is 25.7 Å². The molecule has 1 atom stereocenters. The first-order chi connectivity index (χ1) is 16.3. The summed E-state index contributed by atoms with van der Waals surface area (Å²) in [5.74, 6) is -2.03. The summed E-state index contributed by atoms with van der Waals surface area (Å²) in [6, 6.07) is 16.2. The van der Waals surface area contributed by atoms with Crippen LogP contribution in [-0.2, 0) is 19.1 Å². The third kappa shape index (κ3) is 6.81. The standard InChI is InChI=1S/C25H29N3O6/c1-16(10-11-22(29)26-13-23(30)27-14-24(31)32)12-28-25(33)34-15-21-19-8-4-2-6-17(19)18-7-3-5-9-20(18)21/h2-9,16,21H,10-15H2,1H3,(H,26,29)(H,27,30)(H,28,33)(H,31,32). The molecule has 3 amide bonds. The van der Waals surface area contributed by atoms with Crippen molar-refractivity contribution in [1.82, 2.24) is 16.0 Å². The van der Waals surface area contributed by atoms with Crippen LogP contribution in [0.25, 0.3) is 11.1 Å². The quantitative estimate of drug-likeness (QED) is 0.401. The SMILES string of the molecule is CC(CCC(=O)NCC(=O)NCC(=O)O)CNC(=O)OCC1c2ccccc2-c2ccccc21. The van der Waals surface area contributed by atoms with E-state index < -0.39 is 24.5 Å². The van der Waals surface area contributed by atoms with Crippen molar-refractivity contribution in [2.75, 3.05) is 26.2 Å². The van der Waals surface area contributed by atoms with E-state index in [1.54, 1.807) is 0 Å². The Morgan fingerprint density at radius 1 is 0.882 bits per heavy atom. The molecule has 0 fully saturated rings. The number of amides is 3. The van der Waals surface area contributed by atoms with Crippen LogP contribution in [0.5, 0.6) is 0 Å². The van der Waals surface area contributed by atoms with Gasteiger partial charge in [0.05, 0.1) is 6.54 Å². The highest BCUT2D eigenvalue weighted by Crippen LogP contribution is 2.44. The maximum Gasteiger partial charge on any atom is 0.407 e. The van der Waals surface area contributed by atoms with E-state index in [1.807, 2.05) is 31.2 Å². The predicted molar refractivity (Wildman–Crippen MR) is 125 cm³/mol. The highest BCUT2D eigenvalue weighted by atomic mass is 16.5. The van der Waals surface area contributed by atoms with Crippen LogP contribution in [0.15, 0.2) is 48.5 Å². The minimum absolute atomic E-state index is 0.00744. The largest absolute Gasteiger partial charge is 0.480 e. The van der Waals surface area contributed by atoms with E-state index in [9.17, 15) is 19.2 Å². The maximum atomic E-state index is 12.3. The maximum absolute atomic E-state index is 12.3. The van der Waals surface area contributed by atoms with Crippen LogP contribution in [0.4, 0.5) is 4.79 Å². The zero-order valence-corrected chi connectivity index (χ0v) is 19.0. The minimum Gasteiger partial charge on any atom is -0.480 e. The second-order valence-corrected chi connectivity index (χ2v) is 8.30. The summed E-state index contributed by atoms with van der Waals surface area (Å²) in [4.78, 5) is 45.9. The zero-order valence-electron chi connectivity index (χ0n) is 19.0. The lowest BCUT2D eigenvalue weighted by Gasteiger charge is -2.16. The average Bonchev–Trinajstić information content (AvgIpc) is 3.16. The number of carbonyl (C=O) groups excluding carboxylic acids is 3. The number of fused-ring (bicyclic) bond motifs is 3. The first-order valence-electron chi connectivity index (χ1n) is 11.2. The Labute approximate surface area is 197 Å². The van der Waals surface area contributed by atoms with E-state index >= 15 is 0 Å². The monoisotopic (exact) mass is 467 g/mol. The fourth-order valence-corrected chi connectivity index (χ4v) is 3.89. The second kappa shape index (κ2) is 11.8. The van der Waals surface area contributed by atoms with Crippen molar-refractivity contribution in [2.24, 2.45) is 5.92 Å². The number of aliphatic carboxylic acids is 1. The molecule has 1 aliphatic carbocycles. The van der Waals surface area contributed by atoms with E-state index in [1.165, 1.54) is 11.1 Å². The summed E-state index contributed by atoms with van der Waals surface area (Å²) in [5, 5.41) is 15.8. The number of benzene rings is 2. The van der Waals surface area contributed by atoms with Crippen LogP contribution < -0.4 is 16.0 Å². The second-order valence-electron chi connectivity index (χ2n) is 8.30. The molecule has 2 aromatic rings. The number of carboxylic acid groups (broad SMARTS) is 1. The van der Waals surface area contributed by atoms with E-state index in [0.717, 1.165) is 11.1 Å². The molecule has 0 saturated carbocycles. The molecule has 0 aromatic heterocycles. The molecule has 3 rings (SSSR count). The number of carboxylic acids is 1. The number of carbonyl (C=O) groups is 4. The molecule has 9 nitrogen and oxygen atoms in total. The number of ether oxygens (including phenoxy) is 1.